The molecule has 2 rings (SSSR count). The molecule has 1 aliphatic heterocycles. The summed E-state index contributed by atoms with van der Waals surface area (Å²) in [5.74, 6) is -0.409. The van der Waals surface area contributed by atoms with Crippen molar-refractivity contribution in [1.29, 1.82) is 0 Å². The van der Waals surface area contributed by atoms with Crippen LogP contribution in [0.1, 0.15) is 200 Å². The number of thioether (sulfide) groups is 1. The number of nitrogens with two attached hydrogens (primary N) is 1. The molecular formula is C43H78N3O10PS. The number of ether oxygens (including phenoxy) is 3. The van der Waals surface area contributed by atoms with Gasteiger partial charge >= 0.3 is 25.5 Å². The van der Waals surface area contributed by atoms with Crippen molar-refractivity contribution in [3.05, 3.63) is 22.7 Å². The van der Waals surface area contributed by atoms with E-state index in [-0.39, 0.29) is 31.9 Å². The highest BCUT2D eigenvalue weighted by molar-refractivity contribution is 8.00. The third kappa shape index (κ3) is 27.0. The van der Waals surface area contributed by atoms with E-state index in [0.717, 1.165) is 38.5 Å². The molecule has 0 aliphatic carbocycles. The molecule has 0 bridgehead atoms. The molecule has 0 amide bonds. The number of phosphoric ester groups is 1. The van der Waals surface area contributed by atoms with Crippen molar-refractivity contribution in [1.82, 2.24) is 9.55 Å². The molecule has 1 saturated heterocycles. The molecule has 336 valence electrons. The molecule has 2 unspecified atom stereocenters. The predicted molar refractivity (Wildman–Crippen MR) is 232 cm³/mol. The molecule has 1 fully saturated rings. The molecule has 0 saturated carbocycles. The van der Waals surface area contributed by atoms with Crippen LogP contribution in [0.15, 0.2) is 17.1 Å². The summed E-state index contributed by atoms with van der Waals surface area (Å²) in [4.78, 5) is 51.7. The summed E-state index contributed by atoms with van der Waals surface area (Å²) >= 11 is 1.30. The van der Waals surface area contributed by atoms with Gasteiger partial charge in [0.2, 0.25) is 0 Å². The van der Waals surface area contributed by atoms with Gasteiger partial charge in [-0.05, 0) is 18.9 Å². The quantitative estimate of drug-likeness (QED) is 0.0365. The van der Waals surface area contributed by atoms with Crippen LogP contribution in [0.5, 0.6) is 0 Å². The predicted octanol–water partition coefficient (Wildman–Crippen LogP) is 11.0. The number of esters is 2. The summed E-state index contributed by atoms with van der Waals surface area (Å²) in [5.41, 5.74) is 4.35. The van der Waals surface area contributed by atoms with Gasteiger partial charge in [0.05, 0.1) is 13.2 Å². The standard InChI is InChI=1S/C43H78N3O10PS/c1-3-5-7-9-11-13-15-17-19-21-23-25-27-29-40(47)52-33-37(55-41(48)30-28-26-24-22-20-18-16-14-12-10-8-6-4-2)34-53-57(50,51)54-35-42-56-39(36-58-42)46-32-31-38(44)45-43(46)49/h31-32,37,39,42H,3-30,33-36H2,1-2H3,(H,50,51)(H2,44,45,49)/t37?,39-,42+/m0/s1. The summed E-state index contributed by atoms with van der Waals surface area (Å²) < 4.78 is 41.3. The minimum atomic E-state index is -4.62. The molecular weight excluding hydrogens is 782 g/mol. The monoisotopic (exact) mass is 860 g/mol. The van der Waals surface area contributed by atoms with Crippen LogP contribution < -0.4 is 11.4 Å². The average molecular weight is 860 g/mol. The molecule has 1 aromatic heterocycles. The number of unbranched alkanes of at least 4 members (excludes halogenated alkanes) is 24. The summed E-state index contributed by atoms with van der Waals surface area (Å²) in [6, 6.07) is 1.48. The minimum absolute atomic E-state index is 0.0956. The Morgan fingerprint density at radius 2 is 1.24 bits per heavy atom. The number of hydrogen-bond acceptors (Lipinski definition) is 12. The molecule has 13 nitrogen and oxygen atoms in total. The van der Waals surface area contributed by atoms with Crippen LogP contribution in [0.25, 0.3) is 0 Å². The Labute approximate surface area is 353 Å². The summed E-state index contributed by atoms with van der Waals surface area (Å²) in [6.07, 6.45) is 31.3. The highest BCUT2D eigenvalue weighted by atomic mass is 32.2. The third-order valence-electron chi connectivity index (χ3n) is 10.4. The van der Waals surface area contributed by atoms with Crippen LogP contribution in [0.4, 0.5) is 5.82 Å². The maximum Gasteiger partial charge on any atom is 0.472 e. The Bertz CT molecular complexity index is 1320. The largest absolute Gasteiger partial charge is 0.472 e. The number of rotatable bonds is 38. The highest BCUT2D eigenvalue weighted by Gasteiger charge is 2.32. The first kappa shape index (κ1) is 52.2. The zero-order valence-electron chi connectivity index (χ0n) is 36.0. The molecule has 15 heteroatoms. The lowest BCUT2D eigenvalue weighted by Crippen LogP contribution is -2.30. The molecule has 58 heavy (non-hydrogen) atoms. The Morgan fingerprint density at radius 3 is 1.72 bits per heavy atom. The van der Waals surface area contributed by atoms with Crippen LogP contribution in [-0.2, 0) is 37.4 Å². The summed E-state index contributed by atoms with van der Waals surface area (Å²) in [5, 5.41) is 0. The highest BCUT2D eigenvalue weighted by Crippen LogP contribution is 2.45. The van der Waals surface area contributed by atoms with E-state index in [0.29, 0.717) is 18.6 Å². The number of hydrogen-bond donors (Lipinski definition) is 2. The molecule has 1 aliphatic rings. The van der Waals surface area contributed by atoms with E-state index >= 15 is 0 Å². The van der Waals surface area contributed by atoms with E-state index in [4.69, 9.17) is 29.0 Å². The number of carbonyl (C=O) groups is 2. The van der Waals surface area contributed by atoms with Gasteiger partial charge in [0.15, 0.2) is 6.10 Å². The smallest absolute Gasteiger partial charge is 0.462 e. The average Bonchev–Trinajstić information content (AvgIpc) is 3.67. The van der Waals surface area contributed by atoms with E-state index < -0.39 is 49.8 Å². The van der Waals surface area contributed by atoms with Gasteiger partial charge in [0.25, 0.3) is 0 Å². The molecule has 3 N–H and O–H groups in total. The van der Waals surface area contributed by atoms with Crippen molar-refractivity contribution in [3.63, 3.8) is 0 Å². The van der Waals surface area contributed by atoms with Crippen LogP contribution in [0.2, 0.25) is 0 Å². The van der Waals surface area contributed by atoms with Gasteiger partial charge in [-0.1, -0.05) is 168 Å². The van der Waals surface area contributed by atoms with E-state index in [1.165, 1.54) is 144 Å². The van der Waals surface area contributed by atoms with Crippen molar-refractivity contribution in [2.24, 2.45) is 0 Å². The fourth-order valence-corrected chi connectivity index (χ4v) is 8.73. The van der Waals surface area contributed by atoms with Gasteiger partial charge in [-0.2, -0.15) is 4.98 Å². The molecule has 0 spiro atoms. The number of anilines is 1. The van der Waals surface area contributed by atoms with Crippen molar-refractivity contribution in [2.45, 2.75) is 211 Å². The summed E-state index contributed by atoms with van der Waals surface area (Å²) in [7, 11) is -4.62. The number of aromatic nitrogens is 2. The number of carbonyl (C=O) groups excluding carboxylic acids is 2. The van der Waals surface area contributed by atoms with Crippen molar-refractivity contribution in [2.75, 3.05) is 31.3 Å². The maximum absolute atomic E-state index is 12.8. The zero-order valence-corrected chi connectivity index (χ0v) is 37.7. The van der Waals surface area contributed by atoms with E-state index in [1.807, 2.05) is 0 Å². The van der Waals surface area contributed by atoms with Crippen molar-refractivity contribution >= 4 is 37.3 Å². The first-order chi connectivity index (χ1) is 28.1. The summed E-state index contributed by atoms with van der Waals surface area (Å²) in [6.45, 7) is 3.38. The van der Waals surface area contributed by atoms with E-state index in [2.05, 4.69) is 18.8 Å². The fourth-order valence-electron chi connectivity index (χ4n) is 6.88. The van der Waals surface area contributed by atoms with Crippen LogP contribution in [-0.4, -0.2) is 63.5 Å². The first-order valence-electron chi connectivity index (χ1n) is 22.7. The van der Waals surface area contributed by atoms with Crippen LogP contribution >= 0.6 is 19.6 Å². The Morgan fingerprint density at radius 1 is 0.776 bits per heavy atom. The molecule has 0 radical (unpaired) electrons. The van der Waals surface area contributed by atoms with Crippen LogP contribution in [0.3, 0.4) is 0 Å². The normalized spacial score (nSPS) is 16.9. The van der Waals surface area contributed by atoms with Gasteiger partial charge < -0.3 is 24.8 Å². The Kier molecular flexibility index (Phi) is 30.3. The van der Waals surface area contributed by atoms with Gasteiger partial charge in [0.1, 0.15) is 24.1 Å². The van der Waals surface area contributed by atoms with Gasteiger partial charge in [-0.15, -0.1) is 11.8 Å². The molecule has 4 atom stereocenters. The molecule has 2 heterocycles. The fraction of sp³-hybridized carbons (Fsp3) is 0.860. The Balaban J connectivity index is 1.71. The second kappa shape index (κ2) is 33.7. The minimum Gasteiger partial charge on any atom is -0.462 e. The van der Waals surface area contributed by atoms with Crippen LogP contribution in [0, 0.1) is 0 Å². The molecule has 0 aromatic carbocycles. The van der Waals surface area contributed by atoms with Gasteiger partial charge in [-0.3, -0.25) is 23.2 Å². The second-order valence-electron chi connectivity index (χ2n) is 15.7. The topological polar surface area (TPSA) is 178 Å². The lowest BCUT2D eigenvalue weighted by Gasteiger charge is -2.20. The van der Waals surface area contributed by atoms with Crippen molar-refractivity contribution in [3.8, 4) is 0 Å². The van der Waals surface area contributed by atoms with E-state index in [1.54, 1.807) is 0 Å². The van der Waals surface area contributed by atoms with Gasteiger partial charge in [-0.25, -0.2) is 9.36 Å². The third-order valence-corrected chi connectivity index (χ3v) is 12.4. The number of phosphoric acid groups is 1. The van der Waals surface area contributed by atoms with E-state index in [9.17, 15) is 23.8 Å². The second-order valence-corrected chi connectivity index (χ2v) is 18.4. The maximum atomic E-state index is 12.8. The number of nitrogens with zero attached hydrogens (tertiary/aromatic N) is 2. The Hall–Kier alpha value is -1.96. The lowest BCUT2D eigenvalue weighted by atomic mass is 10.0. The SMILES string of the molecule is CCCCCCCCCCCCCCCC(=O)OCC(COP(=O)(O)OC[C@@H]1O[C@H](n2ccc(N)nc2=O)CS1)OC(=O)CCCCCCCCCCCCCCC. The molecule has 1 aromatic rings. The zero-order chi connectivity index (χ0) is 42.1. The van der Waals surface area contributed by atoms with Gasteiger partial charge in [0, 0.05) is 24.8 Å². The lowest BCUT2D eigenvalue weighted by molar-refractivity contribution is -0.161. The first-order valence-corrected chi connectivity index (χ1v) is 25.3. The van der Waals surface area contributed by atoms with Crippen molar-refractivity contribution < 1.29 is 42.3 Å². The number of nitrogen functional groups attached to an aromatic ring is 1.